The lowest BCUT2D eigenvalue weighted by Crippen LogP contribution is -2.13. The average molecular weight is 206 g/mol. The lowest BCUT2D eigenvalue weighted by molar-refractivity contribution is 0.112. The van der Waals surface area contributed by atoms with Gasteiger partial charge in [0.2, 0.25) is 0 Å². The minimum atomic E-state index is -0.941. The van der Waals surface area contributed by atoms with Crippen LogP contribution in [0.4, 0.5) is 0 Å². The van der Waals surface area contributed by atoms with Gasteiger partial charge in [-0.15, -0.1) is 0 Å². The number of aromatic hydroxyl groups is 1. The van der Waals surface area contributed by atoms with E-state index in [1.54, 1.807) is 32.1 Å². The molecule has 1 aromatic rings. The number of aliphatic hydroxyl groups is 1. The van der Waals surface area contributed by atoms with E-state index in [4.69, 9.17) is 0 Å². The lowest BCUT2D eigenvalue weighted by Gasteiger charge is -2.10. The van der Waals surface area contributed by atoms with Gasteiger partial charge in [-0.05, 0) is 32.0 Å². The molecule has 0 bridgehead atoms. The molecular formula is C12H14O3. The summed E-state index contributed by atoms with van der Waals surface area (Å²) in [4.78, 5) is 10.5. The van der Waals surface area contributed by atoms with Gasteiger partial charge in [0.25, 0.3) is 0 Å². The van der Waals surface area contributed by atoms with Gasteiger partial charge in [-0.3, -0.25) is 4.79 Å². The highest BCUT2D eigenvalue weighted by molar-refractivity contribution is 5.77. The SMILES string of the molecule is CC(C)(O)/C=C/c1cc(C=O)ccc1O. The van der Waals surface area contributed by atoms with E-state index in [9.17, 15) is 15.0 Å². The molecule has 2 N–H and O–H groups in total. The summed E-state index contributed by atoms with van der Waals surface area (Å²) in [5.41, 5.74) is 0.0637. The van der Waals surface area contributed by atoms with Crippen molar-refractivity contribution < 1.29 is 15.0 Å². The van der Waals surface area contributed by atoms with Crippen molar-refractivity contribution in [3.63, 3.8) is 0 Å². The average Bonchev–Trinajstić information content (AvgIpc) is 2.15. The molecule has 0 aliphatic carbocycles. The van der Waals surface area contributed by atoms with E-state index >= 15 is 0 Å². The van der Waals surface area contributed by atoms with Crippen LogP contribution in [0.15, 0.2) is 24.3 Å². The number of hydrogen-bond acceptors (Lipinski definition) is 3. The number of phenolic OH excluding ortho intramolecular Hbond substituents is 1. The van der Waals surface area contributed by atoms with Gasteiger partial charge >= 0.3 is 0 Å². The highest BCUT2D eigenvalue weighted by Gasteiger charge is 2.07. The lowest BCUT2D eigenvalue weighted by atomic mass is 10.1. The van der Waals surface area contributed by atoms with Crippen molar-refractivity contribution in [1.82, 2.24) is 0 Å². The van der Waals surface area contributed by atoms with Gasteiger partial charge in [0.05, 0.1) is 5.60 Å². The Morgan fingerprint density at radius 3 is 2.53 bits per heavy atom. The van der Waals surface area contributed by atoms with Crippen molar-refractivity contribution in [3.05, 3.63) is 35.4 Å². The molecule has 1 rings (SSSR count). The standard InChI is InChI=1S/C12H14O3/c1-12(2,15)6-5-10-7-9(8-13)3-4-11(10)14/h3-8,14-15H,1-2H3/b6-5+. The van der Waals surface area contributed by atoms with Crippen LogP contribution in [0.1, 0.15) is 29.8 Å². The first kappa shape index (κ1) is 11.5. The van der Waals surface area contributed by atoms with Crippen molar-refractivity contribution in [1.29, 1.82) is 0 Å². The second-order valence-corrected chi connectivity index (χ2v) is 3.92. The van der Waals surface area contributed by atoms with Gasteiger partial charge in [0, 0.05) is 11.1 Å². The van der Waals surface area contributed by atoms with Crippen molar-refractivity contribution in [3.8, 4) is 5.75 Å². The molecule has 80 valence electrons. The van der Waals surface area contributed by atoms with E-state index < -0.39 is 5.60 Å². The Morgan fingerprint density at radius 1 is 1.33 bits per heavy atom. The zero-order valence-corrected chi connectivity index (χ0v) is 8.77. The maximum atomic E-state index is 10.5. The van der Waals surface area contributed by atoms with Crippen LogP contribution in [-0.2, 0) is 0 Å². The van der Waals surface area contributed by atoms with Crippen molar-refractivity contribution in [2.24, 2.45) is 0 Å². The molecule has 0 saturated carbocycles. The molecule has 0 aromatic heterocycles. The summed E-state index contributed by atoms with van der Waals surface area (Å²) in [6, 6.07) is 4.54. The van der Waals surface area contributed by atoms with E-state index in [1.807, 2.05) is 0 Å². The van der Waals surface area contributed by atoms with E-state index in [-0.39, 0.29) is 5.75 Å². The fourth-order valence-corrected chi connectivity index (χ4v) is 1.07. The zero-order chi connectivity index (χ0) is 11.5. The molecule has 0 spiro atoms. The van der Waals surface area contributed by atoms with Gasteiger partial charge in [0.1, 0.15) is 12.0 Å². The number of rotatable bonds is 3. The molecule has 0 unspecified atom stereocenters. The Labute approximate surface area is 88.7 Å². The first-order valence-corrected chi connectivity index (χ1v) is 4.62. The Bertz CT molecular complexity index is 386. The Balaban J connectivity index is 3.03. The van der Waals surface area contributed by atoms with Crippen LogP contribution in [0.3, 0.4) is 0 Å². The van der Waals surface area contributed by atoms with Crippen molar-refractivity contribution in [2.45, 2.75) is 19.4 Å². The van der Waals surface area contributed by atoms with Crippen molar-refractivity contribution >= 4 is 12.4 Å². The fourth-order valence-electron chi connectivity index (χ4n) is 1.07. The molecule has 15 heavy (non-hydrogen) atoms. The van der Waals surface area contributed by atoms with Crippen LogP contribution >= 0.6 is 0 Å². The summed E-state index contributed by atoms with van der Waals surface area (Å²) >= 11 is 0. The van der Waals surface area contributed by atoms with Gasteiger partial charge in [-0.1, -0.05) is 12.2 Å². The first-order chi connectivity index (χ1) is 6.92. The quantitative estimate of drug-likeness (QED) is 0.743. The molecule has 0 aliphatic heterocycles. The van der Waals surface area contributed by atoms with E-state index in [0.717, 1.165) is 0 Å². The molecule has 0 atom stereocenters. The van der Waals surface area contributed by atoms with Crippen LogP contribution < -0.4 is 0 Å². The molecule has 0 amide bonds. The molecule has 0 saturated heterocycles. The topological polar surface area (TPSA) is 57.5 Å². The van der Waals surface area contributed by atoms with Gasteiger partial charge in [-0.2, -0.15) is 0 Å². The van der Waals surface area contributed by atoms with Gasteiger partial charge in [-0.25, -0.2) is 0 Å². The van der Waals surface area contributed by atoms with Crippen LogP contribution in [0.2, 0.25) is 0 Å². The third-order valence-electron chi connectivity index (χ3n) is 1.86. The largest absolute Gasteiger partial charge is 0.507 e. The van der Waals surface area contributed by atoms with E-state index in [1.165, 1.54) is 12.1 Å². The smallest absolute Gasteiger partial charge is 0.150 e. The van der Waals surface area contributed by atoms with Crippen molar-refractivity contribution in [2.75, 3.05) is 0 Å². The molecule has 0 radical (unpaired) electrons. The Hall–Kier alpha value is -1.61. The van der Waals surface area contributed by atoms with Crippen LogP contribution in [0.5, 0.6) is 5.75 Å². The minimum absolute atomic E-state index is 0.0844. The number of carbonyl (C=O) groups is 1. The third-order valence-corrected chi connectivity index (χ3v) is 1.86. The molecule has 0 aliphatic rings. The van der Waals surface area contributed by atoms with Crippen LogP contribution in [0.25, 0.3) is 6.08 Å². The Kier molecular flexibility index (Phi) is 3.27. The van der Waals surface area contributed by atoms with Crippen LogP contribution in [0, 0.1) is 0 Å². The minimum Gasteiger partial charge on any atom is -0.507 e. The monoisotopic (exact) mass is 206 g/mol. The summed E-state index contributed by atoms with van der Waals surface area (Å²) in [6.45, 7) is 3.26. The van der Waals surface area contributed by atoms with Gasteiger partial charge in [0.15, 0.2) is 0 Å². The summed E-state index contributed by atoms with van der Waals surface area (Å²) < 4.78 is 0. The molecule has 0 heterocycles. The number of carbonyl (C=O) groups excluding carboxylic acids is 1. The second-order valence-electron chi connectivity index (χ2n) is 3.92. The molecule has 1 aromatic carbocycles. The summed E-state index contributed by atoms with van der Waals surface area (Å²) in [5.74, 6) is 0.0844. The fraction of sp³-hybridized carbons (Fsp3) is 0.250. The number of benzene rings is 1. The number of hydrogen-bond donors (Lipinski definition) is 2. The predicted molar refractivity (Wildman–Crippen MR) is 58.8 cm³/mol. The van der Waals surface area contributed by atoms with E-state index in [2.05, 4.69) is 0 Å². The predicted octanol–water partition coefficient (Wildman–Crippen LogP) is 1.99. The maximum Gasteiger partial charge on any atom is 0.150 e. The molecule has 3 nitrogen and oxygen atoms in total. The first-order valence-electron chi connectivity index (χ1n) is 4.62. The van der Waals surface area contributed by atoms with Gasteiger partial charge < -0.3 is 10.2 Å². The summed E-state index contributed by atoms with van der Waals surface area (Å²) in [6.07, 6.45) is 3.85. The summed E-state index contributed by atoms with van der Waals surface area (Å²) in [5, 5.41) is 18.9. The zero-order valence-electron chi connectivity index (χ0n) is 8.77. The number of aldehydes is 1. The number of phenols is 1. The third kappa shape index (κ3) is 3.56. The highest BCUT2D eigenvalue weighted by atomic mass is 16.3. The molecule has 0 fully saturated rings. The Morgan fingerprint density at radius 2 is 2.00 bits per heavy atom. The maximum absolute atomic E-state index is 10.5. The normalized spacial score (nSPS) is 11.9. The molecule has 3 heteroatoms. The summed E-state index contributed by atoms with van der Waals surface area (Å²) in [7, 11) is 0. The van der Waals surface area contributed by atoms with Crippen LogP contribution in [-0.4, -0.2) is 22.1 Å². The second kappa shape index (κ2) is 4.28. The molecular weight excluding hydrogens is 192 g/mol. The highest BCUT2D eigenvalue weighted by Crippen LogP contribution is 2.20. The van der Waals surface area contributed by atoms with E-state index in [0.29, 0.717) is 17.4 Å².